The van der Waals surface area contributed by atoms with E-state index < -0.39 is 22.8 Å². The molecular weight excluding hydrogens is 476 g/mol. The molecule has 0 radical (unpaired) electrons. The number of non-ortho nitro benzene ring substituents is 1. The van der Waals surface area contributed by atoms with Crippen LogP contribution in [0.2, 0.25) is 0 Å². The van der Waals surface area contributed by atoms with Gasteiger partial charge in [-0.05, 0) is 17.2 Å². The first kappa shape index (κ1) is 23.6. The van der Waals surface area contributed by atoms with Crippen molar-refractivity contribution in [1.82, 2.24) is 0 Å². The Hall–Kier alpha value is -4.84. The molecule has 0 aliphatic carbocycles. The Bertz CT molecular complexity index is 1560. The number of hydrogen-bond donors (Lipinski definition) is 0. The standard InChI is InChI=1S/C32H24N2O4/c35-31(23-13-5-2-6-14-23)29-27-19-18-21-10-7-8-17-26(21)33(27)30(28(29)22-11-3-1-4-12-22)32(36)24-15-9-16-25(20-24)34(37)38/h1-20,27-30H/t27-,28+,29+,30-/m0/s1. The van der Waals surface area contributed by atoms with E-state index in [1.54, 1.807) is 6.07 Å². The number of fused-ring (bicyclic) bond motifs is 3. The van der Waals surface area contributed by atoms with Gasteiger partial charge in [0.1, 0.15) is 6.04 Å². The van der Waals surface area contributed by atoms with Crippen LogP contribution in [0.15, 0.2) is 115 Å². The van der Waals surface area contributed by atoms with Crippen LogP contribution in [0.4, 0.5) is 11.4 Å². The van der Waals surface area contributed by atoms with Crippen LogP contribution in [0.1, 0.15) is 37.8 Å². The third kappa shape index (κ3) is 3.91. The third-order valence-corrected chi connectivity index (χ3v) is 7.56. The predicted molar refractivity (Wildman–Crippen MR) is 146 cm³/mol. The number of hydrogen-bond acceptors (Lipinski definition) is 5. The molecule has 38 heavy (non-hydrogen) atoms. The Morgan fingerprint density at radius 3 is 2.13 bits per heavy atom. The molecule has 0 bridgehead atoms. The number of anilines is 1. The monoisotopic (exact) mass is 500 g/mol. The van der Waals surface area contributed by atoms with E-state index in [1.165, 1.54) is 18.2 Å². The quantitative estimate of drug-likeness (QED) is 0.175. The molecule has 0 amide bonds. The molecule has 6 rings (SSSR count). The zero-order valence-electron chi connectivity index (χ0n) is 20.4. The van der Waals surface area contributed by atoms with Gasteiger partial charge in [0.05, 0.1) is 16.9 Å². The van der Waals surface area contributed by atoms with E-state index in [2.05, 4.69) is 4.90 Å². The minimum Gasteiger partial charge on any atom is -0.353 e. The minimum absolute atomic E-state index is 0.0344. The summed E-state index contributed by atoms with van der Waals surface area (Å²) in [5.74, 6) is -1.30. The maximum atomic E-state index is 14.4. The molecule has 0 saturated carbocycles. The average molecular weight is 501 g/mol. The molecular formula is C32H24N2O4. The van der Waals surface area contributed by atoms with Crippen LogP contribution in [-0.4, -0.2) is 28.6 Å². The van der Waals surface area contributed by atoms with E-state index in [0.717, 1.165) is 16.8 Å². The van der Waals surface area contributed by atoms with E-state index in [9.17, 15) is 19.7 Å². The number of nitro benzene ring substituents is 1. The maximum Gasteiger partial charge on any atom is 0.270 e. The van der Waals surface area contributed by atoms with Crippen LogP contribution in [0.25, 0.3) is 6.08 Å². The topological polar surface area (TPSA) is 80.5 Å². The molecule has 6 heteroatoms. The van der Waals surface area contributed by atoms with Crippen molar-refractivity contribution in [2.24, 2.45) is 5.92 Å². The number of ketones is 2. The van der Waals surface area contributed by atoms with Crippen LogP contribution in [0.3, 0.4) is 0 Å². The van der Waals surface area contributed by atoms with Crippen molar-refractivity contribution in [3.05, 3.63) is 148 Å². The minimum atomic E-state index is -0.742. The van der Waals surface area contributed by atoms with Gasteiger partial charge in [-0.1, -0.05) is 103 Å². The Labute approximate surface area is 220 Å². The lowest BCUT2D eigenvalue weighted by atomic mass is 9.76. The largest absolute Gasteiger partial charge is 0.353 e. The van der Waals surface area contributed by atoms with Gasteiger partial charge < -0.3 is 4.90 Å². The number of Topliss-reactive ketones (excluding diaryl/α,β-unsaturated/α-hetero) is 2. The summed E-state index contributed by atoms with van der Waals surface area (Å²) < 4.78 is 0. The van der Waals surface area contributed by atoms with Crippen LogP contribution in [-0.2, 0) is 0 Å². The van der Waals surface area contributed by atoms with Gasteiger partial charge in [-0.25, -0.2) is 0 Å². The number of para-hydroxylation sites is 1. The SMILES string of the molecule is O=C(c1ccccc1)[C@H]1[C@@H](c2ccccc2)[C@@H](C(=O)c2cccc([N+](=O)[O-])c2)N2c3ccccc3C=C[C@@H]12. The Morgan fingerprint density at radius 2 is 1.39 bits per heavy atom. The highest BCUT2D eigenvalue weighted by Crippen LogP contribution is 2.50. The van der Waals surface area contributed by atoms with Crippen molar-refractivity contribution < 1.29 is 14.5 Å². The van der Waals surface area contributed by atoms with Crippen LogP contribution >= 0.6 is 0 Å². The van der Waals surface area contributed by atoms with Crippen LogP contribution in [0, 0.1) is 16.0 Å². The number of nitro groups is 1. The second-order valence-electron chi connectivity index (χ2n) is 9.62. The molecule has 0 spiro atoms. The summed E-state index contributed by atoms with van der Waals surface area (Å²) in [7, 11) is 0. The van der Waals surface area contributed by atoms with Crippen LogP contribution in [0.5, 0.6) is 0 Å². The van der Waals surface area contributed by atoms with Gasteiger partial charge in [0.2, 0.25) is 0 Å². The molecule has 4 atom stereocenters. The predicted octanol–water partition coefficient (Wildman–Crippen LogP) is 6.34. The highest BCUT2D eigenvalue weighted by Gasteiger charge is 2.55. The maximum absolute atomic E-state index is 14.4. The van der Waals surface area contributed by atoms with Crippen molar-refractivity contribution in [3.63, 3.8) is 0 Å². The van der Waals surface area contributed by atoms with Gasteiger partial charge >= 0.3 is 0 Å². The summed E-state index contributed by atoms with van der Waals surface area (Å²) in [6.45, 7) is 0. The van der Waals surface area contributed by atoms with Gasteiger partial charge in [0.15, 0.2) is 11.6 Å². The fourth-order valence-corrected chi connectivity index (χ4v) is 5.94. The molecule has 0 unspecified atom stereocenters. The van der Waals surface area contributed by atoms with Crippen molar-refractivity contribution >= 4 is 29.0 Å². The summed E-state index contributed by atoms with van der Waals surface area (Å²) >= 11 is 0. The van der Waals surface area contributed by atoms with Gasteiger partial charge in [0, 0.05) is 34.9 Å². The zero-order valence-corrected chi connectivity index (χ0v) is 20.4. The van der Waals surface area contributed by atoms with E-state index in [1.807, 2.05) is 97.1 Å². The van der Waals surface area contributed by atoms with Crippen LogP contribution < -0.4 is 4.90 Å². The second-order valence-corrected chi connectivity index (χ2v) is 9.62. The molecule has 1 fully saturated rings. The molecule has 0 N–H and O–H groups in total. The molecule has 2 aliphatic rings. The third-order valence-electron chi connectivity index (χ3n) is 7.56. The normalized spacial score (nSPS) is 21.4. The first-order chi connectivity index (χ1) is 18.5. The van der Waals surface area contributed by atoms with E-state index in [-0.39, 0.29) is 28.9 Å². The van der Waals surface area contributed by atoms with Crippen molar-refractivity contribution in [1.29, 1.82) is 0 Å². The van der Waals surface area contributed by atoms with Gasteiger partial charge in [-0.2, -0.15) is 0 Å². The molecule has 0 aromatic heterocycles. The number of rotatable bonds is 6. The Morgan fingerprint density at radius 1 is 0.737 bits per heavy atom. The summed E-state index contributed by atoms with van der Waals surface area (Å²) in [6, 6.07) is 31.4. The van der Waals surface area contributed by atoms with Gasteiger partial charge in [-0.15, -0.1) is 0 Å². The van der Waals surface area contributed by atoms with Gasteiger partial charge in [-0.3, -0.25) is 19.7 Å². The lowest BCUT2D eigenvalue weighted by Crippen LogP contribution is -2.43. The molecule has 2 heterocycles. The lowest BCUT2D eigenvalue weighted by Gasteiger charge is -2.35. The summed E-state index contributed by atoms with van der Waals surface area (Å²) in [4.78, 5) is 41.6. The molecule has 186 valence electrons. The Kier molecular flexibility index (Phi) is 5.92. The Balaban J connectivity index is 1.57. The molecule has 1 saturated heterocycles. The lowest BCUT2D eigenvalue weighted by molar-refractivity contribution is -0.384. The summed E-state index contributed by atoms with van der Waals surface area (Å²) in [6.07, 6.45) is 4.04. The van der Waals surface area contributed by atoms with E-state index in [4.69, 9.17) is 0 Å². The molecule has 2 aliphatic heterocycles. The number of benzene rings is 4. The van der Waals surface area contributed by atoms with Gasteiger partial charge in [0.25, 0.3) is 5.69 Å². The highest BCUT2D eigenvalue weighted by atomic mass is 16.6. The fourth-order valence-electron chi connectivity index (χ4n) is 5.94. The smallest absolute Gasteiger partial charge is 0.270 e. The summed E-state index contributed by atoms with van der Waals surface area (Å²) in [5, 5.41) is 11.5. The van der Waals surface area contributed by atoms with E-state index >= 15 is 0 Å². The number of carbonyl (C=O) groups excluding carboxylic acids is 2. The molecule has 4 aromatic rings. The highest BCUT2D eigenvalue weighted by molar-refractivity contribution is 6.07. The second kappa shape index (κ2) is 9.56. The van der Waals surface area contributed by atoms with E-state index in [0.29, 0.717) is 5.56 Å². The first-order valence-electron chi connectivity index (χ1n) is 12.5. The fraction of sp³-hybridized carbons (Fsp3) is 0.125. The number of nitrogens with zero attached hydrogens (tertiary/aromatic N) is 2. The first-order valence-corrected chi connectivity index (χ1v) is 12.5. The summed E-state index contributed by atoms with van der Waals surface area (Å²) in [5.41, 5.74) is 3.41. The average Bonchev–Trinajstić information content (AvgIpc) is 3.33. The van der Waals surface area contributed by atoms with Crippen molar-refractivity contribution in [2.75, 3.05) is 4.90 Å². The van der Waals surface area contributed by atoms with Crippen molar-refractivity contribution in [2.45, 2.75) is 18.0 Å². The van der Waals surface area contributed by atoms with Crippen molar-refractivity contribution in [3.8, 4) is 0 Å². The molecule has 4 aromatic carbocycles. The number of carbonyl (C=O) groups is 2. The zero-order chi connectivity index (χ0) is 26.2. The molecule has 6 nitrogen and oxygen atoms in total.